The topological polar surface area (TPSA) is 60.7 Å². The summed E-state index contributed by atoms with van der Waals surface area (Å²) in [6.07, 6.45) is 33.3. The normalized spacial score (nSPS) is 21.1. The summed E-state index contributed by atoms with van der Waals surface area (Å²) in [6.45, 7) is 20.2. The van der Waals surface area contributed by atoms with Crippen molar-refractivity contribution in [3.63, 3.8) is 0 Å². The van der Waals surface area contributed by atoms with Crippen LogP contribution in [0.2, 0.25) is 0 Å². The molecule has 0 aliphatic heterocycles. The van der Waals surface area contributed by atoms with Gasteiger partial charge in [0.15, 0.2) is 0 Å². The largest absolute Gasteiger partial charge is 0.393 e. The third kappa shape index (κ3) is 16.4. The SMILES string of the molecule is CC1=C(/C=C/C(C)=C/C=C/C(C)=C/C=C/C=C(C)/C=C/C=C(C)/C=C/C=C(\C)CC[C@@H](O)C(C)(C)O)C(C)(C)C[C@H](O)C1. The van der Waals surface area contributed by atoms with Gasteiger partial charge in [-0.05, 0) is 92.1 Å². The van der Waals surface area contributed by atoms with E-state index in [0.29, 0.717) is 6.42 Å². The Kier molecular flexibility index (Phi) is 16.5. The Hall–Kier alpha value is -2.98. The second-order valence-corrected chi connectivity index (χ2v) is 13.3. The van der Waals surface area contributed by atoms with E-state index in [1.165, 1.54) is 33.4 Å². The molecule has 1 aliphatic rings. The van der Waals surface area contributed by atoms with Crippen LogP contribution >= 0.6 is 0 Å². The fourth-order valence-electron chi connectivity index (χ4n) is 4.90. The van der Waals surface area contributed by atoms with Crippen LogP contribution in [0, 0.1) is 5.41 Å². The molecule has 0 fully saturated rings. The van der Waals surface area contributed by atoms with Crippen molar-refractivity contribution in [2.24, 2.45) is 5.41 Å². The first-order valence-electron chi connectivity index (χ1n) is 15.5. The van der Waals surface area contributed by atoms with Crippen LogP contribution in [0.15, 0.2) is 130 Å². The molecule has 0 aromatic heterocycles. The van der Waals surface area contributed by atoms with E-state index in [1.807, 2.05) is 13.0 Å². The molecule has 1 rings (SSSR count). The van der Waals surface area contributed by atoms with Crippen molar-refractivity contribution >= 4 is 0 Å². The van der Waals surface area contributed by atoms with Crippen LogP contribution in [-0.4, -0.2) is 33.1 Å². The molecule has 0 amide bonds. The van der Waals surface area contributed by atoms with Crippen molar-refractivity contribution < 1.29 is 15.3 Å². The highest BCUT2D eigenvalue weighted by Crippen LogP contribution is 2.41. The molecule has 3 N–H and O–H groups in total. The Bertz CT molecular complexity index is 1240. The van der Waals surface area contributed by atoms with Crippen LogP contribution in [0.5, 0.6) is 0 Å². The van der Waals surface area contributed by atoms with Crippen molar-refractivity contribution in [2.75, 3.05) is 0 Å². The first kappa shape index (κ1) is 38.0. The van der Waals surface area contributed by atoms with E-state index in [0.717, 1.165) is 24.8 Å². The summed E-state index contributed by atoms with van der Waals surface area (Å²) >= 11 is 0. The minimum Gasteiger partial charge on any atom is -0.393 e. The molecule has 3 heteroatoms. The average molecular weight is 587 g/mol. The summed E-state index contributed by atoms with van der Waals surface area (Å²) in [7, 11) is 0. The standard InChI is InChI=1S/C40H58O3/c1-30(18-13-20-32(3)21-15-23-34(5)25-27-38(42)40(9,10)43)16-11-12-17-31(2)19-14-22-33(4)24-26-37-35(6)28-36(41)29-39(37,7)8/h11-24,26,36,38,41-43H,25,27-29H2,1-10H3/b12-11+,18-13+,19-14+,21-15+,26-24+,30-16+,31-17+,32-20+,33-22+,34-23+/t36-,38-/m1/s1. The lowest BCUT2D eigenvalue weighted by atomic mass is 9.71. The maximum absolute atomic E-state index is 10.1. The lowest BCUT2D eigenvalue weighted by molar-refractivity contribution is -0.0509. The third-order valence-electron chi connectivity index (χ3n) is 7.62. The number of hydrogen-bond donors (Lipinski definition) is 3. The Labute approximate surface area is 263 Å². The van der Waals surface area contributed by atoms with E-state index in [-0.39, 0.29) is 11.5 Å². The van der Waals surface area contributed by atoms with Gasteiger partial charge in [-0.2, -0.15) is 0 Å². The van der Waals surface area contributed by atoms with Gasteiger partial charge in [0.2, 0.25) is 0 Å². The first-order chi connectivity index (χ1) is 20.0. The van der Waals surface area contributed by atoms with Gasteiger partial charge in [0, 0.05) is 0 Å². The Morgan fingerprint density at radius 1 is 0.791 bits per heavy atom. The molecule has 2 atom stereocenters. The molecule has 0 aromatic rings. The van der Waals surface area contributed by atoms with Gasteiger partial charge in [0.1, 0.15) is 0 Å². The maximum Gasteiger partial charge on any atom is 0.0849 e. The number of aliphatic hydroxyl groups excluding tert-OH is 2. The molecule has 0 aromatic carbocycles. The van der Waals surface area contributed by atoms with Crippen LogP contribution in [0.4, 0.5) is 0 Å². The number of allylic oxidation sites excluding steroid dienone is 21. The predicted octanol–water partition coefficient (Wildman–Crippen LogP) is 9.91. The second-order valence-electron chi connectivity index (χ2n) is 13.3. The second kappa shape index (κ2) is 18.6. The molecule has 1 aliphatic carbocycles. The Morgan fingerprint density at radius 2 is 1.23 bits per heavy atom. The van der Waals surface area contributed by atoms with Crippen molar-refractivity contribution in [3.8, 4) is 0 Å². The van der Waals surface area contributed by atoms with Crippen LogP contribution in [0.1, 0.15) is 94.9 Å². The average Bonchev–Trinajstić information content (AvgIpc) is 2.88. The molecule has 0 radical (unpaired) electrons. The van der Waals surface area contributed by atoms with Gasteiger partial charge in [0.25, 0.3) is 0 Å². The fourth-order valence-corrected chi connectivity index (χ4v) is 4.90. The summed E-state index contributed by atoms with van der Waals surface area (Å²) in [5.74, 6) is 0. The van der Waals surface area contributed by atoms with Gasteiger partial charge in [-0.3, -0.25) is 0 Å². The predicted molar refractivity (Wildman–Crippen MR) is 188 cm³/mol. The zero-order valence-corrected chi connectivity index (χ0v) is 28.5. The lowest BCUT2D eigenvalue weighted by Crippen LogP contribution is -2.35. The lowest BCUT2D eigenvalue weighted by Gasteiger charge is -2.35. The molecule has 0 bridgehead atoms. The number of aliphatic hydroxyl groups is 3. The highest BCUT2D eigenvalue weighted by atomic mass is 16.3. The van der Waals surface area contributed by atoms with E-state index in [2.05, 4.69) is 134 Å². The summed E-state index contributed by atoms with van der Waals surface area (Å²) < 4.78 is 0. The minimum absolute atomic E-state index is 0.000405. The van der Waals surface area contributed by atoms with Crippen molar-refractivity contribution in [2.45, 2.75) is 113 Å². The summed E-state index contributed by atoms with van der Waals surface area (Å²) in [5.41, 5.74) is 7.41. The van der Waals surface area contributed by atoms with E-state index < -0.39 is 11.7 Å². The molecule has 0 spiro atoms. The van der Waals surface area contributed by atoms with Crippen molar-refractivity contribution in [1.29, 1.82) is 0 Å². The quantitative estimate of drug-likeness (QED) is 0.178. The smallest absolute Gasteiger partial charge is 0.0849 e. The van der Waals surface area contributed by atoms with Gasteiger partial charge < -0.3 is 15.3 Å². The highest BCUT2D eigenvalue weighted by molar-refractivity contribution is 5.38. The van der Waals surface area contributed by atoms with E-state index in [1.54, 1.807) is 13.8 Å². The number of hydrogen-bond acceptors (Lipinski definition) is 3. The summed E-state index contributed by atoms with van der Waals surface area (Å²) in [6, 6.07) is 0. The molecule has 43 heavy (non-hydrogen) atoms. The molecule has 0 saturated carbocycles. The third-order valence-corrected chi connectivity index (χ3v) is 7.62. The highest BCUT2D eigenvalue weighted by Gasteiger charge is 2.31. The van der Waals surface area contributed by atoms with Gasteiger partial charge in [-0.15, -0.1) is 0 Å². The van der Waals surface area contributed by atoms with Gasteiger partial charge in [0.05, 0.1) is 17.8 Å². The van der Waals surface area contributed by atoms with Crippen LogP contribution < -0.4 is 0 Å². The molecular weight excluding hydrogens is 528 g/mol. The summed E-state index contributed by atoms with van der Waals surface area (Å²) in [5, 5.41) is 29.9. The van der Waals surface area contributed by atoms with E-state index in [9.17, 15) is 15.3 Å². The first-order valence-corrected chi connectivity index (χ1v) is 15.5. The molecule has 3 nitrogen and oxygen atoms in total. The molecule has 0 unspecified atom stereocenters. The Balaban J connectivity index is 2.60. The van der Waals surface area contributed by atoms with Crippen LogP contribution in [-0.2, 0) is 0 Å². The van der Waals surface area contributed by atoms with Gasteiger partial charge >= 0.3 is 0 Å². The molecule has 0 heterocycles. The zero-order valence-electron chi connectivity index (χ0n) is 28.5. The number of rotatable bonds is 14. The minimum atomic E-state index is -1.07. The van der Waals surface area contributed by atoms with Gasteiger partial charge in [-0.25, -0.2) is 0 Å². The van der Waals surface area contributed by atoms with E-state index in [4.69, 9.17) is 0 Å². The van der Waals surface area contributed by atoms with Gasteiger partial charge in [-0.1, -0.05) is 138 Å². The molecule has 236 valence electrons. The van der Waals surface area contributed by atoms with Crippen molar-refractivity contribution in [1.82, 2.24) is 0 Å². The fraction of sp³-hybridized carbons (Fsp3) is 0.450. The van der Waals surface area contributed by atoms with Crippen molar-refractivity contribution in [3.05, 3.63) is 130 Å². The zero-order chi connectivity index (χ0) is 32.6. The molecular formula is C40H58O3. The molecule has 0 saturated heterocycles. The van der Waals surface area contributed by atoms with E-state index >= 15 is 0 Å². The maximum atomic E-state index is 10.1. The summed E-state index contributed by atoms with van der Waals surface area (Å²) in [4.78, 5) is 0. The monoisotopic (exact) mass is 586 g/mol. The van der Waals surface area contributed by atoms with Crippen LogP contribution in [0.3, 0.4) is 0 Å². The Morgan fingerprint density at radius 3 is 1.70 bits per heavy atom. The van der Waals surface area contributed by atoms with Crippen LogP contribution in [0.25, 0.3) is 0 Å².